The van der Waals surface area contributed by atoms with Crippen LogP contribution in [-0.2, 0) is 14.3 Å². The highest BCUT2D eigenvalue weighted by Crippen LogP contribution is 2.39. The lowest BCUT2D eigenvalue weighted by atomic mass is 9.98. The fourth-order valence-electron chi connectivity index (χ4n) is 3.74. The van der Waals surface area contributed by atoms with Crippen LogP contribution in [0, 0.1) is 11.3 Å². The Bertz CT molecular complexity index is 1390. The van der Waals surface area contributed by atoms with Crippen LogP contribution in [0.5, 0.6) is 17.2 Å². The molecule has 0 bridgehead atoms. The van der Waals surface area contributed by atoms with Gasteiger partial charge in [0.25, 0.3) is 0 Å². The quantitative estimate of drug-likeness (QED) is 0.178. The maximum absolute atomic E-state index is 13.3. The van der Waals surface area contributed by atoms with E-state index < -0.39 is 18.4 Å². The van der Waals surface area contributed by atoms with Crippen LogP contribution in [0.15, 0.2) is 78.0 Å². The molecule has 0 saturated heterocycles. The van der Waals surface area contributed by atoms with Crippen molar-refractivity contribution in [1.29, 1.82) is 5.26 Å². The van der Waals surface area contributed by atoms with E-state index in [0.29, 0.717) is 28.4 Å². The molecule has 38 heavy (non-hydrogen) atoms. The first kappa shape index (κ1) is 27.6. The van der Waals surface area contributed by atoms with Gasteiger partial charge < -0.3 is 24.7 Å². The number of hydrogen-bond donors (Lipinski definition) is 1. The number of hydrogen-bond acceptors (Lipinski definition) is 8. The van der Waals surface area contributed by atoms with Crippen LogP contribution in [-0.4, -0.2) is 39.7 Å². The number of carbonyl (C=O) groups excluding carboxylic acids is 2. The lowest BCUT2D eigenvalue weighted by Gasteiger charge is -2.14. The summed E-state index contributed by atoms with van der Waals surface area (Å²) in [5.41, 5.74) is 8.70. The summed E-state index contributed by atoms with van der Waals surface area (Å²) in [5.74, 6) is -0.230. The molecule has 8 nitrogen and oxygen atoms in total. The van der Waals surface area contributed by atoms with Crippen LogP contribution in [0.2, 0.25) is 0 Å². The zero-order valence-corrected chi connectivity index (χ0v) is 21.6. The molecular formula is C30H28N2O6. The molecule has 0 atom stereocenters. The van der Waals surface area contributed by atoms with Gasteiger partial charge in [0.1, 0.15) is 11.6 Å². The minimum Gasteiger partial charge on any atom is -0.493 e. The number of nitrogens with two attached hydrogens (primary N) is 1. The molecule has 0 aromatic heterocycles. The number of carbonyl (C=O) groups is 2. The highest BCUT2D eigenvalue weighted by atomic mass is 16.5. The summed E-state index contributed by atoms with van der Waals surface area (Å²) >= 11 is 0. The third-order valence-corrected chi connectivity index (χ3v) is 5.64. The molecule has 194 valence electrons. The second-order valence-corrected chi connectivity index (χ2v) is 8.13. The Morgan fingerprint density at radius 1 is 0.895 bits per heavy atom. The zero-order chi connectivity index (χ0) is 27.7. The summed E-state index contributed by atoms with van der Waals surface area (Å²) in [6.07, 6.45) is 1.60. The van der Waals surface area contributed by atoms with Gasteiger partial charge in [-0.1, -0.05) is 54.6 Å². The predicted octanol–water partition coefficient (Wildman–Crippen LogP) is 4.79. The number of Topliss-reactive ketones (excluding diaryl/α,β-unsaturated/α-hetero) is 1. The second-order valence-electron chi connectivity index (χ2n) is 8.13. The Morgan fingerprint density at radius 3 is 1.97 bits per heavy atom. The molecule has 0 radical (unpaired) electrons. The van der Waals surface area contributed by atoms with Crippen molar-refractivity contribution in [2.45, 2.75) is 6.92 Å². The molecule has 3 aromatic carbocycles. The van der Waals surface area contributed by atoms with Crippen molar-refractivity contribution in [3.8, 4) is 34.4 Å². The van der Waals surface area contributed by atoms with Gasteiger partial charge in [0, 0.05) is 5.70 Å². The Kier molecular flexibility index (Phi) is 9.27. The highest BCUT2D eigenvalue weighted by Gasteiger charge is 2.20. The third kappa shape index (κ3) is 6.39. The van der Waals surface area contributed by atoms with Gasteiger partial charge in [0.15, 0.2) is 18.1 Å². The summed E-state index contributed by atoms with van der Waals surface area (Å²) in [4.78, 5) is 25.6. The predicted molar refractivity (Wildman–Crippen MR) is 144 cm³/mol. The molecule has 8 heteroatoms. The molecular weight excluding hydrogens is 484 g/mol. The van der Waals surface area contributed by atoms with E-state index in [4.69, 9.17) is 24.7 Å². The lowest BCUT2D eigenvalue weighted by Crippen LogP contribution is -2.18. The van der Waals surface area contributed by atoms with Crippen molar-refractivity contribution in [2.75, 3.05) is 27.9 Å². The topological polar surface area (TPSA) is 121 Å². The normalized spacial score (nSPS) is 11.6. The van der Waals surface area contributed by atoms with Gasteiger partial charge >= 0.3 is 5.97 Å². The van der Waals surface area contributed by atoms with Crippen LogP contribution in [0.1, 0.15) is 18.1 Å². The molecule has 2 N–H and O–H groups in total. The monoisotopic (exact) mass is 512 g/mol. The van der Waals surface area contributed by atoms with E-state index in [0.717, 1.165) is 11.1 Å². The first-order valence-corrected chi connectivity index (χ1v) is 11.6. The van der Waals surface area contributed by atoms with Gasteiger partial charge in [-0.25, -0.2) is 4.79 Å². The molecule has 0 aliphatic heterocycles. The Balaban J connectivity index is 2.04. The first-order chi connectivity index (χ1) is 18.3. The average molecular weight is 513 g/mol. The molecule has 0 aliphatic rings. The smallest absolute Gasteiger partial charge is 0.339 e. The number of esters is 1. The Hall–Kier alpha value is -5.03. The molecule has 0 spiro atoms. The number of ether oxygens (including phenoxy) is 4. The van der Waals surface area contributed by atoms with Gasteiger partial charge in [-0.15, -0.1) is 0 Å². The van der Waals surface area contributed by atoms with Gasteiger partial charge in [-0.2, -0.15) is 5.26 Å². The number of nitriles is 1. The van der Waals surface area contributed by atoms with Crippen molar-refractivity contribution < 1.29 is 28.5 Å². The minimum absolute atomic E-state index is 0.0539. The van der Waals surface area contributed by atoms with Crippen molar-refractivity contribution in [2.24, 2.45) is 5.73 Å². The van der Waals surface area contributed by atoms with Gasteiger partial charge in [-0.05, 0) is 47.4 Å². The number of rotatable bonds is 10. The van der Waals surface area contributed by atoms with Crippen LogP contribution in [0.4, 0.5) is 0 Å². The summed E-state index contributed by atoms with van der Waals surface area (Å²) in [7, 11) is 4.48. The number of nitrogens with zero attached hydrogens (tertiary/aromatic N) is 1. The third-order valence-electron chi connectivity index (χ3n) is 5.64. The van der Waals surface area contributed by atoms with Crippen molar-refractivity contribution in [3.63, 3.8) is 0 Å². The van der Waals surface area contributed by atoms with Gasteiger partial charge in [-0.3, -0.25) is 4.79 Å². The van der Waals surface area contributed by atoms with Crippen molar-refractivity contribution in [1.82, 2.24) is 0 Å². The number of ketones is 1. The number of allylic oxidation sites excluding steroid dienone is 1. The summed E-state index contributed by atoms with van der Waals surface area (Å²) in [6, 6.07) is 22.3. The number of methoxy groups -OCH3 is 3. The van der Waals surface area contributed by atoms with Crippen LogP contribution in [0.3, 0.4) is 0 Å². The van der Waals surface area contributed by atoms with E-state index in [9.17, 15) is 14.9 Å². The molecule has 3 aromatic rings. The standard InChI is InChI=1S/C30H28N2O6/c1-19(32)25(17-31)26(33)18-38-30(34)24(14-20-15-27(35-2)29(37-4)28(16-20)36-3)23-12-10-22(11-13-23)21-8-6-5-7-9-21/h5-16H,18,32H2,1-4H3. The number of benzene rings is 3. The van der Waals surface area contributed by atoms with Crippen LogP contribution >= 0.6 is 0 Å². The fraction of sp³-hybridized carbons (Fsp3) is 0.167. The van der Waals surface area contributed by atoms with Crippen molar-refractivity contribution >= 4 is 23.4 Å². The second kappa shape index (κ2) is 12.8. The lowest BCUT2D eigenvalue weighted by molar-refractivity contribution is -0.140. The summed E-state index contributed by atoms with van der Waals surface area (Å²) in [6.45, 7) is 0.799. The summed E-state index contributed by atoms with van der Waals surface area (Å²) in [5, 5.41) is 9.18. The van der Waals surface area contributed by atoms with Crippen LogP contribution < -0.4 is 19.9 Å². The Labute approximate surface area is 221 Å². The molecule has 0 amide bonds. The van der Waals surface area contributed by atoms with E-state index in [1.54, 1.807) is 36.4 Å². The van der Waals surface area contributed by atoms with Crippen LogP contribution in [0.25, 0.3) is 22.8 Å². The van der Waals surface area contributed by atoms with E-state index in [2.05, 4.69) is 0 Å². The van der Waals surface area contributed by atoms with E-state index in [1.165, 1.54) is 28.3 Å². The van der Waals surface area contributed by atoms with E-state index in [-0.39, 0.29) is 16.8 Å². The molecule has 0 fully saturated rings. The molecule has 0 unspecified atom stereocenters. The minimum atomic E-state index is -0.758. The first-order valence-electron chi connectivity index (χ1n) is 11.6. The highest BCUT2D eigenvalue weighted by molar-refractivity contribution is 6.22. The molecule has 0 heterocycles. The molecule has 3 rings (SSSR count). The molecule has 0 aliphatic carbocycles. The maximum Gasteiger partial charge on any atom is 0.339 e. The molecule has 0 saturated carbocycles. The van der Waals surface area contributed by atoms with Crippen molar-refractivity contribution in [3.05, 3.63) is 89.1 Å². The Morgan fingerprint density at radius 2 is 1.47 bits per heavy atom. The maximum atomic E-state index is 13.3. The average Bonchev–Trinajstić information content (AvgIpc) is 2.94. The zero-order valence-electron chi connectivity index (χ0n) is 21.6. The SMILES string of the molecule is COc1cc(C=C(C(=O)OCC(=O)C(C#N)=C(C)N)c2ccc(-c3ccccc3)cc2)cc(OC)c1OC. The van der Waals surface area contributed by atoms with Gasteiger partial charge in [0.05, 0.1) is 26.9 Å². The summed E-state index contributed by atoms with van der Waals surface area (Å²) < 4.78 is 21.6. The largest absolute Gasteiger partial charge is 0.493 e. The fourth-order valence-corrected chi connectivity index (χ4v) is 3.74. The van der Waals surface area contributed by atoms with Gasteiger partial charge in [0.2, 0.25) is 11.5 Å². The van der Waals surface area contributed by atoms with E-state index >= 15 is 0 Å². The van der Waals surface area contributed by atoms with E-state index in [1.807, 2.05) is 42.5 Å².